The van der Waals surface area contributed by atoms with Crippen molar-refractivity contribution in [1.29, 1.82) is 0 Å². The summed E-state index contributed by atoms with van der Waals surface area (Å²) in [6.07, 6.45) is 3.52. The highest BCUT2D eigenvalue weighted by Crippen LogP contribution is 2.31. The maximum absolute atomic E-state index is 12.4. The molecule has 0 radical (unpaired) electrons. The molecule has 9 heteroatoms. The number of aliphatic carboxylic acids is 2. The number of carboxylic acid groups (broad SMARTS) is 2. The predicted octanol–water partition coefficient (Wildman–Crippen LogP) is 0.994. The summed E-state index contributed by atoms with van der Waals surface area (Å²) in [5, 5.41) is 18.8. The zero-order chi connectivity index (χ0) is 20.8. The first kappa shape index (κ1) is 20.7. The van der Waals surface area contributed by atoms with Crippen LogP contribution >= 0.6 is 0 Å². The second kappa shape index (κ2) is 9.42. The Labute approximate surface area is 167 Å². The van der Waals surface area contributed by atoms with Gasteiger partial charge in [-0.1, -0.05) is 0 Å². The van der Waals surface area contributed by atoms with Crippen LogP contribution in [-0.4, -0.2) is 71.8 Å². The number of nitrogens with one attached hydrogen (secondary N) is 1. The molecule has 1 atom stereocenters. The number of hydrogen-bond donors (Lipinski definition) is 3. The molecule has 156 valence electrons. The number of carbonyl (C=O) groups excluding carboxylic acids is 1. The highest BCUT2D eigenvalue weighted by molar-refractivity contribution is 5.95. The van der Waals surface area contributed by atoms with Gasteiger partial charge >= 0.3 is 11.9 Å². The minimum absolute atomic E-state index is 0.00859. The fourth-order valence-corrected chi connectivity index (χ4v) is 3.71. The molecule has 0 saturated carbocycles. The second-order valence-electron chi connectivity index (χ2n) is 7.09. The lowest BCUT2D eigenvalue weighted by Crippen LogP contribution is -2.57. The normalized spacial score (nSPS) is 24.3. The molecule has 4 aliphatic heterocycles. The highest BCUT2D eigenvalue weighted by Gasteiger charge is 2.35. The summed E-state index contributed by atoms with van der Waals surface area (Å²) in [5.41, 5.74) is 0.649. The molecule has 0 aromatic heterocycles. The molecule has 0 spiro atoms. The molecule has 0 aliphatic carbocycles. The zero-order valence-electron chi connectivity index (χ0n) is 15.9. The van der Waals surface area contributed by atoms with Crippen molar-refractivity contribution in [3.05, 3.63) is 35.9 Å². The molecule has 4 heterocycles. The van der Waals surface area contributed by atoms with Gasteiger partial charge in [-0.05, 0) is 50.0 Å². The van der Waals surface area contributed by atoms with Crippen molar-refractivity contribution in [2.75, 3.05) is 32.8 Å². The average molecular weight is 404 g/mol. The highest BCUT2D eigenvalue weighted by atomic mass is 16.6. The van der Waals surface area contributed by atoms with Crippen LogP contribution in [0.15, 0.2) is 30.4 Å². The fourth-order valence-electron chi connectivity index (χ4n) is 3.71. The van der Waals surface area contributed by atoms with Crippen LogP contribution in [0.3, 0.4) is 0 Å². The first-order valence-corrected chi connectivity index (χ1v) is 9.49. The number of ether oxygens (including phenoxy) is 2. The van der Waals surface area contributed by atoms with E-state index < -0.39 is 11.9 Å². The van der Waals surface area contributed by atoms with E-state index in [0.29, 0.717) is 42.6 Å². The molecule has 4 aliphatic rings. The number of fused-ring (bicyclic) bond motifs is 4. The summed E-state index contributed by atoms with van der Waals surface area (Å²) in [6, 6.07) is 5.70. The van der Waals surface area contributed by atoms with Crippen molar-refractivity contribution in [3.8, 4) is 11.5 Å². The minimum atomic E-state index is -1.26. The van der Waals surface area contributed by atoms with E-state index in [1.165, 1.54) is 25.9 Å². The number of benzene rings is 1. The lowest BCUT2D eigenvalue weighted by atomic mass is 9.84. The first-order chi connectivity index (χ1) is 13.9. The monoisotopic (exact) mass is 404 g/mol. The third kappa shape index (κ3) is 5.71. The molecular weight excluding hydrogens is 380 g/mol. The van der Waals surface area contributed by atoms with Gasteiger partial charge in [0.15, 0.2) is 11.5 Å². The summed E-state index contributed by atoms with van der Waals surface area (Å²) >= 11 is 0. The lowest BCUT2D eigenvalue weighted by Gasteiger charge is -2.44. The van der Waals surface area contributed by atoms with E-state index in [1.54, 1.807) is 6.07 Å². The summed E-state index contributed by atoms with van der Waals surface area (Å²) in [4.78, 5) is 34.0. The number of piperidine rings is 3. The van der Waals surface area contributed by atoms with E-state index in [2.05, 4.69) is 10.2 Å². The van der Waals surface area contributed by atoms with Crippen molar-refractivity contribution in [1.82, 2.24) is 10.2 Å². The third-order valence-electron chi connectivity index (χ3n) is 5.15. The molecule has 1 aromatic carbocycles. The predicted molar refractivity (Wildman–Crippen MR) is 102 cm³/mol. The van der Waals surface area contributed by atoms with Crippen molar-refractivity contribution in [2.45, 2.75) is 18.9 Å². The van der Waals surface area contributed by atoms with E-state index in [4.69, 9.17) is 19.7 Å². The maximum atomic E-state index is 12.4. The van der Waals surface area contributed by atoms with Crippen molar-refractivity contribution < 1.29 is 34.1 Å². The van der Waals surface area contributed by atoms with Crippen molar-refractivity contribution in [2.24, 2.45) is 5.92 Å². The van der Waals surface area contributed by atoms with Gasteiger partial charge in [-0.3, -0.25) is 4.79 Å². The Bertz CT molecular complexity index is 784. The van der Waals surface area contributed by atoms with Crippen LogP contribution in [0.25, 0.3) is 0 Å². The Balaban J connectivity index is 0.000000258. The van der Waals surface area contributed by atoms with Gasteiger partial charge in [0, 0.05) is 30.3 Å². The summed E-state index contributed by atoms with van der Waals surface area (Å²) in [7, 11) is 0. The van der Waals surface area contributed by atoms with Crippen LogP contribution in [0, 0.1) is 5.92 Å². The number of nitrogens with zero attached hydrogens (tertiary/aromatic N) is 1. The van der Waals surface area contributed by atoms with Gasteiger partial charge in [0.25, 0.3) is 5.91 Å². The first-order valence-electron chi connectivity index (χ1n) is 9.49. The van der Waals surface area contributed by atoms with Crippen molar-refractivity contribution >= 4 is 17.8 Å². The molecule has 1 amide bonds. The maximum Gasteiger partial charge on any atom is 0.328 e. The molecule has 3 saturated heterocycles. The number of amides is 1. The van der Waals surface area contributed by atoms with Crippen LogP contribution in [-0.2, 0) is 9.59 Å². The Morgan fingerprint density at radius 2 is 1.62 bits per heavy atom. The fraction of sp³-hybridized carbons (Fsp3) is 0.450. The van der Waals surface area contributed by atoms with E-state index >= 15 is 0 Å². The van der Waals surface area contributed by atoms with E-state index in [-0.39, 0.29) is 11.9 Å². The summed E-state index contributed by atoms with van der Waals surface area (Å²) in [5.74, 6) is -0.495. The van der Waals surface area contributed by atoms with Gasteiger partial charge in [-0.25, -0.2) is 9.59 Å². The van der Waals surface area contributed by atoms with Gasteiger partial charge in [0.2, 0.25) is 0 Å². The van der Waals surface area contributed by atoms with Crippen LogP contribution < -0.4 is 14.8 Å². The van der Waals surface area contributed by atoms with E-state index in [0.717, 1.165) is 12.3 Å². The zero-order valence-corrected chi connectivity index (χ0v) is 15.9. The molecule has 0 unspecified atom stereocenters. The summed E-state index contributed by atoms with van der Waals surface area (Å²) in [6.45, 7) is 4.46. The minimum Gasteiger partial charge on any atom is -0.486 e. The Morgan fingerprint density at radius 1 is 1.00 bits per heavy atom. The van der Waals surface area contributed by atoms with Crippen LogP contribution in [0.4, 0.5) is 0 Å². The van der Waals surface area contributed by atoms with Gasteiger partial charge in [-0.15, -0.1) is 0 Å². The van der Waals surface area contributed by atoms with E-state index in [1.807, 2.05) is 12.1 Å². The molecule has 1 aromatic rings. The van der Waals surface area contributed by atoms with Gasteiger partial charge < -0.3 is 29.9 Å². The Hall–Kier alpha value is -3.07. The van der Waals surface area contributed by atoms with Crippen LogP contribution in [0.5, 0.6) is 11.5 Å². The molecular formula is C20H24N2O7. The Kier molecular flexibility index (Phi) is 6.71. The average Bonchev–Trinajstić information content (AvgIpc) is 2.73. The summed E-state index contributed by atoms with van der Waals surface area (Å²) < 4.78 is 11.0. The quantitative estimate of drug-likeness (QED) is 0.635. The molecule has 3 N–H and O–H groups in total. The van der Waals surface area contributed by atoms with Crippen LogP contribution in [0.2, 0.25) is 0 Å². The number of carbonyl (C=O) groups is 3. The van der Waals surface area contributed by atoms with E-state index in [9.17, 15) is 14.4 Å². The van der Waals surface area contributed by atoms with Gasteiger partial charge in [0.1, 0.15) is 13.2 Å². The van der Waals surface area contributed by atoms with Crippen LogP contribution in [0.1, 0.15) is 23.2 Å². The largest absolute Gasteiger partial charge is 0.486 e. The lowest BCUT2D eigenvalue weighted by molar-refractivity contribution is -0.134. The van der Waals surface area contributed by atoms with Gasteiger partial charge in [0.05, 0.1) is 0 Å². The topological polar surface area (TPSA) is 125 Å². The third-order valence-corrected chi connectivity index (χ3v) is 5.15. The number of rotatable bonds is 4. The Morgan fingerprint density at radius 3 is 2.17 bits per heavy atom. The number of hydrogen-bond acceptors (Lipinski definition) is 6. The smallest absolute Gasteiger partial charge is 0.328 e. The molecule has 29 heavy (non-hydrogen) atoms. The number of carboxylic acids is 2. The van der Waals surface area contributed by atoms with Gasteiger partial charge in [-0.2, -0.15) is 0 Å². The molecule has 5 rings (SSSR count). The van der Waals surface area contributed by atoms with Crippen molar-refractivity contribution in [3.63, 3.8) is 0 Å². The second-order valence-corrected chi connectivity index (χ2v) is 7.09. The molecule has 2 bridgehead atoms. The standard InChI is InChI=1S/C16H20N2O3.C4H4O4/c19-16(17-13-10-18-5-3-11(13)4-6-18)12-1-2-14-15(9-12)21-8-7-20-14;5-3(6)1-2-4(7)8/h1-2,9,11,13H,3-8,10H2,(H,17,19);1-2H,(H,5,6)(H,7,8)/b;2-1+/t13-;/m0./s1. The SMILES string of the molecule is O=C(N[C@H]1CN2CCC1CC2)c1ccc2c(c1)OCCO2.O=C(O)/C=C/C(=O)O. The molecule has 3 fully saturated rings. The molecule has 9 nitrogen and oxygen atoms in total.